The quantitative estimate of drug-likeness (QED) is 0.0452. The lowest BCUT2D eigenvalue weighted by molar-refractivity contribution is -0.120. The Balaban J connectivity index is 2.61. The molecular formula is C33H54N2O15P2. The Morgan fingerprint density at radius 1 is 0.750 bits per heavy atom. The van der Waals surface area contributed by atoms with Gasteiger partial charge < -0.3 is 59.7 Å². The van der Waals surface area contributed by atoms with Crippen molar-refractivity contribution in [1.82, 2.24) is 9.80 Å². The van der Waals surface area contributed by atoms with E-state index in [4.69, 9.17) is 9.47 Å². The molecule has 0 heterocycles. The van der Waals surface area contributed by atoms with Crippen LogP contribution < -0.4 is 0 Å². The maximum atomic E-state index is 12.7. The number of carbonyl (C=O) groups is 1. The van der Waals surface area contributed by atoms with Gasteiger partial charge in [0.15, 0.2) is 0 Å². The van der Waals surface area contributed by atoms with Crippen molar-refractivity contribution < 1.29 is 73.6 Å². The predicted octanol–water partition coefficient (Wildman–Crippen LogP) is 1.32. The number of nitrogens with zero attached hydrogens (tertiary/aromatic N) is 2. The lowest BCUT2D eigenvalue weighted by Gasteiger charge is -2.51. The second-order valence-corrected chi connectivity index (χ2v) is 15.9. The number of aliphatic hydroxyl groups is 4. The van der Waals surface area contributed by atoms with Gasteiger partial charge in [0.2, 0.25) is 0 Å². The summed E-state index contributed by atoms with van der Waals surface area (Å²) in [6.45, 7) is -2.85. The number of benzene rings is 2. The summed E-state index contributed by atoms with van der Waals surface area (Å²) in [7, 11) is -8.41. The van der Waals surface area contributed by atoms with Crippen molar-refractivity contribution in [2.75, 3.05) is 52.7 Å². The van der Waals surface area contributed by atoms with Crippen molar-refractivity contribution in [1.29, 1.82) is 0 Å². The van der Waals surface area contributed by atoms with E-state index in [2.05, 4.69) is 0 Å². The van der Waals surface area contributed by atoms with Gasteiger partial charge in [-0.05, 0) is 12.8 Å². The number of aromatic hydroxyl groups is 2. The highest BCUT2D eigenvalue weighted by Crippen LogP contribution is 2.45. The number of unbranched alkanes of at least 4 members (excludes halogenated alkanes) is 2. The smallest absolute Gasteiger partial charge is 0.339 e. The number of para-hydroxylation sites is 2. The van der Waals surface area contributed by atoms with Gasteiger partial charge in [-0.3, -0.25) is 23.7 Å². The van der Waals surface area contributed by atoms with Crippen molar-refractivity contribution in [3.63, 3.8) is 0 Å². The zero-order valence-electron chi connectivity index (χ0n) is 29.4. The van der Waals surface area contributed by atoms with Gasteiger partial charge in [0.05, 0.1) is 57.8 Å². The zero-order chi connectivity index (χ0) is 39.0. The van der Waals surface area contributed by atoms with Crippen LogP contribution in [-0.4, -0.2) is 130 Å². The van der Waals surface area contributed by atoms with E-state index >= 15 is 0 Å². The molecule has 17 nitrogen and oxygen atoms in total. The van der Waals surface area contributed by atoms with Crippen LogP contribution in [0.1, 0.15) is 60.8 Å². The van der Waals surface area contributed by atoms with Gasteiger partial charge in [0.25, 0.3) is 0 Å². The van der Waals surface area contributed by atoms with Crippen LogP contribution in [0.25, 0.3) is 0 Å². The molecule has 0 saturated heterocycles. The molecule has 2 atom stereocenters. The Morgan fingerprint density at radius 3 is 1.81 bits per heavy atom. The van der Waals surface area contributed by atoms with E-state index in [1.165, 1.54) is 43.5 Å². The molecule has 0 aromatic heterocycles. The number of hydrogen-bond donors (Lipinski definition) is 10. The Morgan fingerprint density at radius 2 is 1.31 bits per heavy atom. The molecule has 2 unspecified atom stereocenters. The molecule has 2 rings (SSSR count). The third-order valence-electron chi connectivity index (χ3n) is 8.86. The van der Waals surface area contributed by atoms with Crippen LogP contribution in [0.5, 0.6) is 11.5 Å². The second-order valence-electron chi connectivity index (χ2n) is 12.6. The Hall–Kier alpha value is -2.31. The number of aliphatic hydroxyl groups excluding tert-OH is 4. The van der Waals surface area contributed by atoms with Gasteiger partial charge in [-0.15, -0.1) is 0 Å². The minimum Gasteiger partial charge on any atom is -0.507 e. The lowest BCUT2D eigenvalue weighted by Crippen LogP contribution is -2.65. The lowest BCUT2D eigenvalue weighted by atomic mass is 9.82. The minimum absolute atomic E-state index is 0.0563. The number of hydrogen-bond acceptors (Lipinski definition) is 13. The number of ketones is 1. The summed E-state index contributed by atoms with van der Waals surface area (Å²) in [6, 6.07) is 7.26. The molecule has 296 valence electrons. The molecule has 0 aliphatic carbocycles. The number of methoxy groups -OCH3 is 1. The first-order chi connectivity index (χ1) is 24.5. The number of Topliss-reactive ketones (excluding diaryl/α,β-unsaturated/α-hetero) is 1. The van der Waals surface area contributed by atoms with Gasteiger partial charge in [-0.2, -0.15) is 0 Å². The number of ether oxygens (including phenoxy) is 2. The second kappa shape index (κ2) is 22.2. The molecule has 2 aromatic rings. The summed E-state index contributed by atoms with van der Waals surface area (Å²) in [5, 5.41) is 63.4. The molecule has 0 bridgehead atoms. The molecule has 0 aliphatic heterocycles. The van der Waals surface area contributed by atoms with E-state index in [1.807, 2.05) is 0 Å². The van der Waals surface area contributed by atoms with Crippen molar-refractivity contribution in [3.8, 4) is 11.5 Å². The summed E-state index contributed by atoms with van der Waals surface area (Å²) in [5.74, 6) is -0.812. The topological polar surface area (TPSA) is 278 Å². The third kappa shape index (κ3) is 14.5. The monoisotopic (exact) mass is 780 g/mol. The highest BCUT2D eigenvalue weighted by atomic mass is 31.2. The fourth-order valence-electron chi connectivity index (χ4n) is 6.22. The van der Waals surface area contributed by atoms with Crippen molar-refractivity contribution >= 4 is 21.0 Å². The van der Waals surface area contributed by atoms with Crippen LogP contribution in [0.2, 0.25) is 0 Å². The van der Waals surface area contributed by atoms with Crippen molar-refractivity contribution in [2.45, 2.75) is 76.4 Å². The molecule has 0 aliphatic rings. The summed E-state index contributed by atoms with van der Waals surface area (Å²) in [6.07, 6.45) is -0.792. The fraction of sp³-hybridized carbons (Fsp3) is 0.606. The average Bonchev–Trinajstić information content (AvgIpc) is 3.07. The van der Waals surface area contributed by atoms with Crippen molar-refractivity contribution in [2.24, 2.45) is 0 Å². The number of rotatable bonds is 27. The van der Waals surface area contributed by atoms with Crippen LogP contribution in [0.4, 0.5) is 0 Å². The molecule has 0 saturated carbocycles. The van der Waals surface area contributed by atoms with Gasteiger partial charge in [-0.1, -0.05) is 49.2 Å². The Bertz CT molecular complexity index is 1490. The zero-order valence-corrected chi connectivity index (χ0v) is 31.2. The van der Waals surface area contributed by atoms with E-state index in [-0.39, 0.29) is 71.8 Å². The van der Waals surface area contributed by atoms with Gasteiger partial charge in [-0.25, -0.2) is 0 Å². The van der Waals surface area contributed by atoms with E-state index < -0.39 is 78.9 Å². The van der Waals surface area contributed by atoms with Gasteiger partial charge in [0.1, 0.15) is 29.9 Å². The third-order valence-corrected chi connectivity index (χ3v) is 10.3. The van der Waals surface area contributed by atoms with Gasteiger partial charge in [0, 0.05) is 55.3 Å². The first-order valence-corrected chi connectivity index (χ1v) is 20.3. The highest BCUT2D eigenvalue weighted by Gasteiger charge is 2.48. The molecule has 52 heavy (non-hydrogen) atoms. The Kier molecular flexibility index (Phi) is 19.5. The number of phenols is 2. The normalized spacial score (nSPS) is 14.2. The Labute approximate surface area is 303 Å². The molecule has 19 heteroatoms. The highest BCUT2D eigenvalue weighted by molar-refractivity contribution is 7.51. The SMILES string of the molecule is COCCOCCC(=O)CCCCCC(CO)(C(CO)N(Cc1cccc(CO)c1O)CP(=O)(O)O)N(Cc1cccc(CO)c1O)CP(=O)(O)O. The van der Waals surface area contributed by atoms with E-state index in [0.29, 0.717) is 26.1 Å². The fourth-order valence-corrected chi connectivity index (χ4v) is 7.82. The van der Waals surface area contributed by atoms with Gasteiger partial charge >= 0.3 is 15.2 Å². The van der Waals surface area contributed by atoms with E-state index in [1.54, 1.807) is 0 Å². The van der Waals surface area contributed by atoms with E-state index in [0.717, 1.165) is 9.80 Å². The molecule has 0 fully saturated rings. The van der Waals surface area contributed by atoms with Crippen LogP contribution in [0.3, 0.4) is 0 Å². The maximum absolute atomic E-state index is 12.7. The molecule has 0 spiro atoms. The van der Waals surface area contributed by atoms with Crippen LogP contribution >= 0.6 is 15.2 Å². The minimum atomic E-state index is -4.99. The average molecular weight is 781 g/mol. The number of carbonyl (C=O) groups excluding carboxylic acids is 1. The molecule has 0 radical (unpaired) electrons. The van der Waals surface area contributed by atoms with Crippen LogP contribution in [0, 0.1) is 0 Å². The van der Waals surface area contributed by atoms with E-state index in [9.17, 15) is 64.1 Å². The standard InChI is InChI=1S/C33H54N2O15P2/c1-49-15-16-50-14-12-29(40)11-3-2-4-13-33(22-39,35(24-52(46,47)48)18-26-8-6-10-28(20-37)32(26)42)30(21-38)34(23-51(43,44)45)17-25-7-5-9-27(19-36)31(25)41/h5-10,30,36-39,41-42H,2-4,11-24H2,1H3,(H2,43,44,45)(H2,46,47,48). The predicted molar refractivity (Wildman–Crippen MR) is 189 cm³/mol. The largest absolute Gasteiger partial charge is 0.507 e. The van der Waals surface area contributed by atoms with Crippen LogP contribution in [0.15, 0.2) is 36.4 Å². The van der Waals surface area contributed by atoms with Crippen LogP contribution in [-0.2, 0) is 49.7 Å². The summed E-state index contributed by atoms with van der Waals surface area (Å²) >= 11 is 0. The maximum Gasteiger partial charge on any atom is 0.339 e. The summed E-state index contributed by atoms with van der Waals surface area (Å²) < 4.78 is 35.4. The summed E-state index contributed by atoms with van der Waals surface area (Å²) in [5.41, 5.74) is -1.46. The molecule has 0 amide bonds. The first kappa shape index (κ1) is 45.8. The first-order valence-electron chi connectivity index (χ1n) is 16.7. The molecule has 10 N–H and O–H groups in total. The van der Waals surface area contributed by atoms with Crippen molar-refractivity contribution in [3.05, 3.63) is 58.7 Å². The molecular weight excluding hydrogens is 726 g/mol. The summed E-state index contributed by atoms with van der Waals surface area (Å²) in [4.78, 5) is 55.5. The molecule has 2 aromatic carbocycles.